The average molecular weight is 306 g/mol. The molecule has 1 fully saturated rings. The molecule has 1 saturated heterocycles. The van der Waals surface area contributed by atoms with Crippen LogP contribution in [0.5, 0.6) is 0 Å². The van der Waals surface area contributed by atoms with Gasteiger partial charge in [-0.15, -0.1) is 0 Å². The summed E-state index contributed by atoms with van der Waals surface area (Å²) in [6.45, 7) is 4.60. The molecule has 2 heterocycles. The van der Waals surface area contributed by atoms with Crippen molar-refractivity contribution in [3.63, 3.8) is 0 Å². The summed E-state index contributed by atoms with van der Waals surface area (Å²) in [5, 5.41) is 4.10. The third-order valence-corrected chi connectivity index (χ3v) is 4.11. The third kappa shape index (κ3) is 2.96. The fourth-order valence-electron chi connectivity index (χ4n) is 2.76. The number of amides is 2. The molecule has 8 nitrogen and oxygen atoms in total. The van der Waals surface area contributed by atoms with Gasteiger partial charge in [-0.3, -0.25) is 9.59 Å². The first-order valence-electron chi connectivity index (χ1n) is 7.05. The van der Waals surface area contributed by atoms with Gasteiger partial charge in [-0.05, 0) is 26.6 Å². The van der Waals surface area contributed by atoms with E-state index in [4.69, 9.17) is 11.5 Å². The molecule has 2 atom stereocenters. The van der Waals surface area contributed by atoms with Gasteiger partial charge in [0.25, 0.3) is 5.91 Å². The van der Waals surface area contributed by atoms with Crippen LogP contribution >= 0.6 is 0 Å². The summed E-state index contributed by atoms with van der Waals surface area (Å²) in [5.41, 5.74) is 11.3. The highest BCUT2D eigenvalue weighted by atomic mass is 16.2. The SMILES string of the molecule is C=CC(=O)N1CC(N(C)C)C[C@H]1Cn1ncc(C(N)=O)c1N. The number of hydrogen-bond donors (Lipinski definition) is 2. The predicted octanol–water partition coefficient (Wildman–Crippen LogP) is -0.719. The van der Waals surface area contributed by atoms with E-state index >= 15 is 0 Å². The minimum absolute atomic E-state index is 0.0548. The normalized spacial score (nSPS) is 21.3. The Morgan fingerprint density at radius 1 is 1.55 bits per heavy atom. The molecule has 0 bridgehead atoms. The van der Waals surface area contributed by atoms with E-state index in [1.54, 1.807) is 4.90 Å². The van der Waals surface area contributed by atoms with Crippen molar-refractivity contribution < 1.29 is 9.59 Å². The monoisotopic (exact) mass is 306 g/mol. The minimum Gasteiger partial charge on any atom is -0.383 e. The van der Waals surface area contributed by atoms with Crippen molar-refractivity contribution >= 4 is 17.6 Å². The number of likely N-dealkylation sites (tertiary alicyclic amines) is 1. The van der Waals surface area contributed by atoms with Crippen LogP contribution in [0, 0.1) is 0 Å². The molecule has 0 spiro atoms. The summed E-state index contributed by atoms with van der Waals surface area (Å²) in [5.74, 6) is -0.498. The zero-order chi connectivity index (χ0) is 16.4. The van der Waals surface area contributed by atoms with E-state index in [1.807, 2.05) is 14.1 Å². The molecule has 1 aromatic heterocycles. The molecule has 22 heavy (non-hydrogen) atoms. The zero-order valence-corrected chi connectivity index (χ0v) is 12.9. The summed E-state index contributed by atoms with van der Waals surface area (Å²) in [6, 6.07) is 0.210. The first kappa shape index (κ1) is 16.0. The number of nitrogen functional groups attached to an aromatic ring is 1. The van der Waals surface area contributed by atoms with Crippen LogP contribution in [0.4, 0.5) is 5.82 Å². The number of aromatic nitrogens is 2. The van der Waals surface area contributed by atoms with Crippen LogP contribution in [0.3, 0.4) is 0 Å². The van der Waals surface area contributed by atoms with Gasteiger partial charge in [-0.2, -0.15) is 5.10 Å². The molecule has 1 aromatic rings. The summed E-state index contributed by atoms with van der Waals surface area (Å²) in [4.78, 5) is 27.1. The van der Waals surface area contributed by atoms with Crippen LogP contribution in [0.1, 0.15) is 16.8 Å². The Labute approximate surface area is 129 Å². The average Bonchev–Trinajstić information content (AvgIpc) is 3.03. The molecule has 0 radical (unpaired) electrons. The Morgan fingerprint density at radius 3 is 2.73 bits per heavy atom. The number of likely N-dealkylation sites (N-methyl/N-ethyl adjacent to an activating group) is 1. The maximum Gasteiger partial charge on any atom is 0.254 e. The highest BCUT2D eigenvalue weighted by Crippen LogP contribution is 2.24. The van der Waals surface area contributed by atoms with E-state index in [1.165, 1.54) is 17.0 Å². The van der Waals surface area contributed by atoms with Gasteiger partial charge in [0.1, 0.15) is 11.4 Å². The van der Waals surface area contributed by atoms with Gasteiger partial charge in [0.15, 0.2) is 0 Å². The molecule has 0 aromatic carbocycles. The van der Waals surface area contributed by atoms with E-state index in [0.29, 0.717) is 13.1 Å². The Balaban J connectivity index is 2.20. The lowest BCUT2D eigenvalue weighted by Gasteiger charge is -2.23. The lowest BCUT2D eigenvalue weighted by molar-refractivity contribution is -0.127. The molecule has 2 amide bonds. The first-order valence-corrected chi connectivity index (χ1v) is 7.05. The topological polar surface area (TPSA) is 110 Å². The van der Waals surface area contributed by atoms with Crippen LogP contribution in [-0.2, 0) is 11.3 Å². The molecule has 1 aliphatic heterocycles. The van der Waals surface area contributed by atoms with Crippen molar-refractivity contribution in [1.29, 1.82) is 0 Å². The Hall–Kier alpha value is -2.35. The number of carbonyl (C=O) groups is 2. The number of nitrogens with two attached hydrogens (primary N) is 2. The van der Waals surface area contributed by atoms with Crippen LogP contribution in [0.15, 0.2) is 18.9 Å². The first-order chi connectivity index (χ1) is 10.3. The molecule has 2 rings (SSSR count). The molecule has 1 aliphatic rings. The smallest absolute Gasteiger partial charge is 0.254 e. The van der Waals surface area contributed by atoms with Crippen LogP contribution in [-0.4, -0.2) is 64.1 Å². The lowest BCUT2D eigenvalue weighted by Crippen LogP contribution is -2.38. The molecule has 1 unspecified atom stereocenters. The molecular formula is C14H22N6O2. The van der Waals surface area contributed by atoms with Crippen molar-refractivity contribution in [2.75, 3.05) is 26.4 Å². The summed E-state index contributed by atoms with van der Waals surface area (Å²) in [6.07, 6.45) is 3.47. The third-order valence-electron chi connectivity index (χ3n) is 4.11. The Kier molecular flexibility index (Phi) is 4.51. The van der Waals surface area contributed by atoms with Gasteiger partial charge in [-0.25, -0.2) is 4.68 Å². The van der Waals surface area contributed by atoms with Crippen molar-refractivity contribution in [2.45, 2.75) is 25.0 Å². The van der Waals surface area contributed by atoms with Crippen molar-refractivity contribution in [2.24, 2.45) is 5.73 Å². The van der Waals surface area contributed by atoms with E-state index in [2.05, 4.69) is 16.6 Å². The van der Waals surface area contributed by atoms with E-state index < -0.39 is 5.91 Å². The summed E-state index contributed by atoms with van der Waals surface area (Å²) in [7, 11) is 3.97. The van der Waals surface area contributed by atoms with Gasteiger partial charge in [0.2, 0.25) is 5.91 Å². The Morgan fingerprint density at radius 2 is 2.23 bits per heavy atom. The predicted molar refractivity (Wildman–Crippen MR) is 82.9 cm³/mol. The molecular weight excluding hydrogens is 284 g/mol. The largest absolute Gasteiger partial charge is 0.383 e. The lowest BCUT2D eigenvalue weighted by atomic mass is 10.1. The number of nitrogens with zero attached hydrogens (tertiary/aromatic N) is 4. The summed E-state index contributed by atoms with van der Waals surface area (Å²) >= 11 is 0. The van der Waals surface area contributed by atoms with Gasteiger partial charge < -0.3 is 21.3 Å². The quantitative estimate of drug-likeness (QED) is 0.698. The number of rotatable bonds is 5. The maximum absolute atomic E-state index is 12.0. The van der Waals surface area contributed by atoms with Crippen molar-refractivity contribution in [3.05, 3.63) is 24.4 Å². The van der Waals surface area contributed by atoms with Crippen molar-refractivity contribution in [1.82, 2.24) is 19.6 Å². The summed E-state index contributed by atoms with van der Waals surface area (Å²) < 4.78 is 1.52. The van der Waals surface area contributed by atoms with Gasteiger partial charge in [0, 0.05) is 12.6 Å². The molecule has 0 aliphatic carbocycles. The molecule has 0 saturated carbocycles. The fraction of sp³-hybridized carbons (Fsp3) is 0.500. The number of anilines is 1. The second kappa shape index (κ2) is 6.18. The molecule has 4 N–H and O–H groups in total. The number of primary amides is 1. The standard InChI is InChI=1S/C14H22N6O2/c1-4-12(21)19-7-9(18(2)3)5-10(19)8-20-13(15)11(6-17-20)14(16)22/h4,6,9-10H,1,5,7-8,15H2,2-3H3,(H2,16,22)/t9?,10-/m0/s1. The second-order valence-corrected chi connectivity index (χ2v) is 5.69. The molecule has 120 valence electrons. The van der Waals surface area contributed by atoms with Crippen LogP contribution < -0.4 is 11.5 Å². The van der Waals surface area contributed by atoms with Crippen molar-refractivity contribution in [3.8, 4) is 0 Å². The van der Waals surface area contributed by atoms with E-state index in [-0.39, 0.29) is 29.4 Å². The van der Waals surface area contributed by atoms with Crippen LogP contribution in [0.2, 0.25) is 0 Å². The fourth-order valence-corrected chi connectivity index (χ4v) is 2.76. The highest BCUT2D eigenvalue weighted by molar-refractivity contribution is 5.96. The second-order valence-electron chi connectivity index (χ2n) is 5.69. The zero-order valence-electron chi connectivity index (χ0n) is 12.9. The highest BCUT2D eigenvalue weighted by Gasteiger charge is 2.36. The van der Waals surface area contributed by atoms with E-state index in [0.717, 1.165) is 6.42 Å². The van der Waals surface area contributed by atoms with Gasteiger partial charge >= 0.3 is 0 Å². The number of carbonyl (C=O) groups excluding carboxylic acids is 2. The van der Waals surface area contributed by atoms with Gasteiger partial charge in [0.05, 0.1) is 18.8 Å². The molecule has 8 heteroatoms. The van der Waals surface area contributed by atoms with Gasteiger partial charge in [-0.1, -0.05) is 6.58 Å². The maximum atomic E-state index is 12.0. The number of hydrogen-bond acceptors (Lipinski definition) is 5. The Bertz CT molecular complexity index is 594. The van der Waals surface area contributed by atoms with Crippen LogP contribution in [0.25, 0.3) is 0 Å². The van der Waals surface area contributed by atoms with E-state index in [9.17, 15) is 9.59 Å². The minimum atomic E-state index is -0.611.